The molecule has 4 atom stereocenters. The molecule has 0 aliphatic rings. The molecule has 0 rings (SSSR count). The van der Waals surface area contributed by atoms with E-state index < -0.39 is 36.9 Å². The van der Waals surface area contributed by atoms with Crippen LogP contribution < -0.4 is 5.32 Å². The molecule has 0 aliphatic carbocycles. The van der Waals surface area contributed by atoms with E-state index >= 15 is 0 Å². The van der Waals surface area contributed by atoms with Gasteiger partial charge >= 0.3 is 0 Å². The van der Waals surface area contributed by atoms with Gasteiger partial charge < -0.3 is 40.4 Å². The fourth-order valence-electron chi connectivity index (χ4n) is 1.88. The van der Waals surface area contributed by atoms with Gasteiger partial charge in [0, 0.05) is 13.0 Å². The lowest BCUT2D eigenvalue weighted by Gasteiger charge is -2.29. The molecule has 132 valence electrons. The van der Waals surface area contributed by atoms with Crippen molar-refractivity contribution in [3.05, 3.63) is 0 Å². The maximum absolute atomic E-state index is 11.6. The first-order valence-electron chi connectivity index (χ1n) is 7.20. The Bertz CT molecular complexity index is 328. The summed E-state index contributed by atoms with van der Waals surface area (Å²) in [4.78, 5) is 11.6. The van der Waals surface area contributed by atoms with Gasteiger partial charge in [0.25, 0.3) is 5.91 Å². The standard InChI is InChI=1S/C13H28N2O7/c1-15(2,6-7-16)5-3-4-14-13(22)12(21)11(20)10(19)9(18)8-17/h9-12,16-21H,3-8H2,1-2H3/p+1. The van der Waals surface area contributed by atoms with Crippen LogP contribution in [0.4, 0.5) is 0 Å². The molecule has 9 heteroatoms. The first-order chi connectivity index (χ1) is 10.2. The van der Waals surface area contributed by atoms with Gasteiger partial charge in [0.2, 0.25) is 0 Å². The zero-order valence-electron chi connectivity index (χ0n) is 13.1. The second-order valence-corrected chi connectivity index (χ2v) is 5.93. The molecule has 0 aliphatic heterocycles. The molecule has 4 unspecified atom stereocenters. The minimum atomic E-state index is -1.91. The number of hydrogen-bond donors (Lipinski definition) is 7. The van der Waals surface area contributed by atoms with Gasteiger partial charge in [0.15, 0.2) is 6.10 Å². The Balaban J connectivity index is 4.16. The van der Waals surface area contributed by atoms with Crippen molar-refractivity contribution in [1.82, 2.24) is 5.32 Å². The second-order valence-electron chi connectivity index (χ2n) is 5.93. The molecule has 0 fully saturated rings. The zero-order valence-corrected chi connectivity index (χ0v) is 13.1. The average molecular weight is 325 g/mol. The number of carbonyl (C=O) groups is 1. The summed E-state index contributed by atoms with van der Waals surface area (Å²) in [7, 11) is 3.87. The lowest BCUT2D eigenvalue weighted by molar-refractivity contribution is -0.890. The number of rotatable bonds is 11. The van der Waals surface area contributed by atoms with Crippen LogP contribution in [0.15, 0.2) is 0 Å². The lowest BCUT2D eigenvalue weighted by atomic mass is 10.0. The number of quaternary nitrogens is 1. The summed E-state index contributed by atoms with van der Waals surface area (Å²) < 4.78 is 0.582. The molecule has 9 nitrogen and oxygen atoms in total. The SMILES string of the molecule is C[N+](C)(CCO)CCCNC(=O)C(O)C(O)C(O)C(O)CO. The van der Waals surface area contributed by atoms with Gasteiger partial charge in [-0.05, 0) is 0 Å². The lowest BCUT2D eigenvalue weighted by Crippen LogP contribution is -2.52. The monoisotopic (exact) mass is 325 g/mol. The van der Waals surface area contributed by atoms with Crippen LogP contribution in [0, 0.1) is 0 Å². The Morgan fingerprint density at radius 3 is 2.14 bits per heavy atom. The average Bonchev–Trinajstić information content (AvgIpc) is 2.48. The molecular formula is C13H29N2O7+. The molecule has 0 saturated heterocycles. The highest BCUT2D eigenvalue weighted by molar-refractivity contribution is 5.81. The summed E-state index contributed by atoms with van der Waals surface area (Å²) in [5.41, 5.74) is 0. The van der Waals surface area contributed by atoms with Crippen LogP contribution in [-0.4, -0.2) is 112 Å². The number of carbonyl (C=O) groups excluding carboxylic acids is 1. The van der Waals surface area contributed by atoms with Crippen molar-refractivity contribution >= 4 is 5.91 Å². The van der Waals surface area contributed by atoms with Crippen LogP contribution in [0.1, 0.15) is 6.42 Å². The molecule has 0 aromatic carbocycles. The van der Waals surface area contributed by atoms with E-state index in [0.717, 1.165) is 0 Å². The summed E-state index contributed by atoms with van der Waals surface area (Å²) in [6.45, 7) is 0.806. The van der Waals surface area contributed by atoms with Crippen molar-refractivity contribution in [3.8, 4) is 0 Å². The first kappa shape index (κ1) is 21.2. The van der Waals surface area contributed by atoms with Crippen LogP contribution in [-0.2, 0) is 4.79 Å². The highest BCUT2D eigenvalue weighted by Gasteiger charge is 2.33. The fourth-order valence-corrected chi connectivity index (χ4v) is 1.88. The molecule has 0 spiro atoms. The largest absolute Gasteiger partial charge is 0.394 e. The summed E-state index contributed by atoms with van der Waals surface area (Å²) in [5, 5.41) is 57.7. The topological polar surface area (TPSA) is 150 Å². The van der Waals surface area contributed by atoms with Crippen LogP contribution >= 0.6 is 0 Å². The van der Waals surface area contributed by atoms with Gasteiger partial charge in [-0.2, -0.15) is 0 Å². The number of hydrogen-bond acceptors (Lipinski definition) is 7. The van der Waals surface area contributed by atoms with E-state index in [0.29, 0.717) is 24.0 Å². The van der Waals surface area contributed by atoms with E-state index in [1.807, 2.05) is 14.1 Å². The smallest absolute Gasteiger partial charge is 0.251 e. The Morgan fingerprint density at radius 2 is 1.64 bits per heavy atom. The first-order valence-corrected chi connectivity index (χ1v) is 7.20. The molecule has 0 radical (unpaired) electrons. The molecule has 22 heavy (non-hydrogen) atoms. The maximum Gasteiger partial charge on any atom is 0.251 e. The minimum Gasteiger partial charge on any atom is -0.394 e. The quantitative estimate of drug-likeness (QED) is 0.151. The highest BCUT2D eigenvalue weighted by atomic mass is 16.4. The third-order valence-corrected chi connectivity index (χ3v) is 3.47. The molecule has 0 saturated carbocycles. The van der Waals surface area contributed by atoms with Crippen LogP contribution in [0.5, 0.6) is 0 Å². The van der Waals surface area contributed by atoms with Gasteiger partial charge in [-0.25, -0.2) is 0 Å². The Hall–Kier alpha value is -0.810. The highest BCUT2D eigenvalue weighted by Crippen LogP contribution is 2.05. The van der Waals surface area contributed by atoms with Gasteiger partial charge in [0.1, 0.15) is 24.9 Å². The van der Waals surface area contributed by atoms with Crippen molar-refractivity contribution in [3.63, 3.8) is 0 Å². The molecule has 1 amide bonds. The van der Waals surface area contributed by atoms with Gasteiger partial charge in [0.05, 0.1) is 33.9 Å². The number of aliphatic hydroxyl groups is 6. The van der Waals surface area contributed by atoms with Crippen molar-refractivity contribution in [2.75, 3.05) is 46.9 Å². The van der Waals surface area contributed by atoms with Crippen LogP contribution in [0.2, 0.25) is 0 Å². The van der Waals surface area contributed by atoms with E-state index in [1.165, 1.54) is 0 Å². The molecule has 0 aromatic rings. The van der Waals surface area contributed by atoms with E-state index in [-0.39, 0.29) is 13.2 Å². The summed E-state index contributed by atoms with van der Waals surface area (Å²) in [6, 6.07) is 0. The van der Waals surface area contributed by atoms with Crippen molar-refractivity contribution in [2.24, 2.45) is 0 Å². The van der Waals surface area contributed by atoms with Crippen LogP contribution in [0.3, 0.4) is 0 Å². The number of nitrogens with one attached hydrogen (secondary N) is 1. The maximum atomic E-state index is 11.6. The predicted octanol–water partition coefficient (Wildman–Crippen LogP) is -4.00. The third-order valence-electron chi connectivity index (χ3n) is 3.47. The predicted molar refractivity (Wildman–Crippen MR) is 77.7 cm³/mol. The van der Waals surface area contributed by atoms with E-state index in [1.54, 1.807) is 0 Å². The summed E-state index contributed by atoms with van der Waals surface area (Å²) in [6.07, 6.45) is -6.68. The molecular weight excluding hydrogens is 296 g/mol. The number of aliphatic hydroxyl groups excluding tert-OH is 6. The minimum absolute atomic E-state index is 0.0648. The van der Waals surface area contributed by atoms with E-state index in [2.05, 4.69) is 5.32 Å². The summed E-state index contributed by atoms with van der Waals surface area (Å²) in [5.74, 6) is -0.871. The van der Waals surface area contributed by atoms with Crippen molar-refractivity contribution in [1.29, 1.82) is 0 Å². The third kappa shape index (κ3) is 7.45. The number of amides is 1. The second kappa shape index (κ2) is 10.1. The molecule has 7 N–H and O–H groups in total. The van der Waals surface area contributed by atoms with Gasteiger partial charge in [-0.1, -0.05) is 0 Å². The zero-order chi connectivity index (χ0) is 17.3. The van der Waals surface area contributed by atoms with Gasteiger partial charge in [-0.3, -0.25) is 4.79 Å². The van der Waals surface area contributed by atoms with E-state index in [4.69, 9.17) is 15.3 Å². The Morgan fingerprint density at radius 1 is 1.05 bits per heavy atom. The van der Waals surface area contributed by atoms with Crippen molar-refractivity contribution in [2.45, 2.75) is 30.8 Å². The molecule has 0 aromatic heterocycles. The van der Waals surface area contributed by atoms with Gasteiger partial charge in [-0.15, -0.1) is 0 Å². The summed E-state index contributed by atoms with van der Waals surface area (Å²) >= 11 is 0. The Kier molecular flexibility index (Phi) is 9.69. The number of likely N-dealkylation sites (N-methyl/N-ethyl adjacent to an activating group) is 1. The van der Waals surface area contributed by atoms with E-state index in [9.17, 15) is 20.1 Å². The molecule has 0 heterocycles. The van der Waals surface area contributed by atoms with Crippen LogP contribution in [0.25, 0.3) is 0 Å². The van der Waals surface area contributed by atoms with Crippen molar-refractivity contribution < 1.29 is 39.9 Å². The number of nitrogens with zero attached hydrogens (tertiary/aromatic N) is 1. The Labute approximate surface area is 130 Å². The molecule has 0 bridgehead atoms. The normalized spacial score (nSPS) is 17.6. The fraction of sp³-hybridized carbons (Fsp3) is 0.923.